The number of rotatable bonds is 5. The minimum absolute atomic E-state index is 0.171. The van der Waals surface area contributed by atoms with Crippen molar-refractivity contribution in [1.82, 2.24) is 10.3 Å². The molecule has 1 aliphatic rings. The Kier molecular flexibility index (Phi) is 4.73. The molecule has 0 spiro atoms. The van der Waals surface area contributed by atoms with E-state index in [1.54, 1.807) is 17.5 Å². The highest BCUT2D eigenvalue weighted by Gasteiger charge is 2.37. The van der Waals surface area contributed by atoms with Gasteiger partial charge < -0.3 is 11.1 Å². The van der Waals surface area contributed by atoms with Crippen LogP contribution in [0.15, 0.2) is 29.6 Å². The number of carbonyl (C=O) groups excluding carboxylic acids is 1. The molecule has 1 aliphatic carbocycles. The molecule has 23 heavy (non-hydrogen) atoms. The summed E-state index contributed by atoms with van der Waals surface area (Å²) >= 11 is 1.46. The summed E-state index contributed by atoms with van der Waals surface area (Å²) < 4.78 is 13.2. The van der Waals surface area contributed by atoms with Crippen molar-refractivity contribution in [2.45, 2.75) is 37.6 Å². The first-order valence-corrected chi connectivity index (χ1v) is 8.74. The lowest BCUT2D eigenvalue weighted by Gasteiger charge is -2.30. The Morgan fingerprint density at radius 3 is 2.65 bits per heavy atom. The summed E-state index contributed by atoms with van der Waals surface area (Å²) in [6, 6.07) is 6.43. The highest BCUT2D eigenvalue weighted by atomic mass is 32.1. The van der Waals surface area contributed by atoms with E-state index in [0.717, 1.165) is 36.3 Å². The second-order valence-corrected chi connectivity index (χ2v) is 6.86. The van der Waals surface area contributed by atoms with Gasteiger partial charge in [0.15, 0.2) is 0 Å². The van der Waals surface area contributed by atoms with Gasteiger partial charge in [0.05, 0.1) is 10.5 Å². The average molecular weight is 333 g/mol. The summed E-state index contributed by atoms with van der Waals surface area (Å²) in [4.78, 5) is 16.9. The van der Waals surface area contributed by atoms with E-state index in [-0.39, 0.29) is 11.7 Å². The van der Waals surface area contributed by atoms with Crippen molar-refractivity contribution >= 4 is 17.2 Å². The number of nitrogens with two attached hydrogens (primary N) is 1. The standard InChI is InChI=1S/C17H20FN3OS/c18-13-5-3-12(4-6-13)17(8-1-2-9-17)21-16(22)14-11-23-15(20-14)7-10-19/h3-6,11H,1-2,7-10,19H2,(H,21,22). The molecule has 0 atom stereocenters. The van der Waals surface area contributed by atoms with Gasteiger partial charge in [-0.05, 0) is 37.1 Å². The largest absolute Gasteiger partial charge is 0.341 e. The van der Waals surface area contributed by atoms with E-state index in [1.165, 1.54) is 23.5 Å². The van der Waals surface area contributed by atoms with E-state index in [0.29, 0.717) is 18.7 Å². The van der Waals surface area contributed by atoms with Gasteiger partial charge in [0.25, 0.3) is 5.91 Å². The molecule has 1 aromatic heterocycles. The minimum Gasteiger partial charge on any atom is -0.341 e. The molecular formula is C17H20FN3OS. The molecule has 0 saturated heterocycles. The van der Waals surface area contributed by atoms with E-state index in [2.05, 4.69) is 10.3 Å². The number of benzene rings is 1. The quantitative estimate of drug-likeness (QED) is 0.884. The zero-order chi connectivity index (χ0) is 16.3. The second kappa shape index (κ2) is 6.76. The normalized spacial score (nSPS) is 16.4. The summed E-state index contributed by atoms with van der Waals surface area (Å²) in [6.07, 6.45) is 4.51. The van der Waals surface area contributed by atoms with Crippen LogP contribution < -0.4 is 11.1 Å². The zero-order valence-corrected chi connectivity index (χ0v) is 13.7. The maximum atomic E-state index is 13.2. The lowest BCUT2D eigenvalue weighted by atomic mass is 9.88. The van der Waals surface area contributed by atoms with Gasteiger partial charge >= 0.3 is 0 Å². The van der Waals surface area contributed by atoms with Crippen molar-refractivity contribution in [1.29, 1.82) is 0 Å². The first kappa shape index (κ1) is 16.1. The van der Waals surface area contributed by atoms with Crippen LogP contribution in [0.1, 0.15) is 46.7 Å². The maximum Gasteiger partial charge on any atom is 0.271 e. The predicted molar refractivity (Wildman–Crippen MR) is 88.9 cm³/mol. The van der Waals surface area contributed by atoms with Gasteiger partial charge in [0.2, 0.25) is 0 Å². The van der Waals surface area contributed by atoms with Crippen molar-refractivity contribution in [3.63, 3.8) is 0 Å². The van der Waals surface area contributed by atoms with Gasteiger partial charge in [-0.15, -0.1) is 11.3 Å². The fourth-order valence-corrected chi connectivity index (χ4v) is 3.96. The first-order chi connectivity index (χ1) is 11.1. The molecule has 1 saturated carbocycles. The number of nitrogens with one attached hydrogen (secondary N) is 1. The molecule has 6 heteroatoms. The number of hydrogen-bond acceptors (Lipinski definition) is 4. The van der Waals surface area contributed by atoms with Crippen LogP contribution in [-0.2, 0) is 12.0 Å². The number of nitrogens with zero attached hydrogens (tertiary/aromatic N) is 1. The summed E-state index contributed by atoms with van der Waals surface area (Å²) in [5, 5.41) is 5.80. The van der Waals surface area contributed by atoms with Crippen LogP contribution in [0.4, 0.5) is 4.39 Å². The summed E-state index contributed by atoms with van der Waals surface area (Å²) in [6.45, 7) is 0.522. The Balaban J connectivity index is 1.81. The Morgan fingerprint density at radius 1 is 1.30 bits per heavy atom. The van der Waals surface area contributed by atoms with Crippen molar-refractivity contribution in [2.24, 2.45) is 5.73 Å². The first-order valence-electron chi connectivity index (χ1n) is 7.86. The third-order valence-electron chi connectivity index (χ3n) is 4.35. The van der Waals surface area contributed by atoms with Crippen LogP contribution in [0.25, 0.3) is 0 Å². The van der Waals surface area contributed by atoms with E-state index < -0.39 is 5.54 Å². The second-order valence-electron chi connectivity index (χ2n) is 5.92. The van der Waals surface area contributed by atoms with E-state index >= 15 is 0 Å². The molecule has 0 radical (unpaired) electrons. The molecule has 0 unspecified atom stereocenters. The number of carbonyl (C=O) groups is 1. The van der Waals surface area contributed by atoms with Crippen LogP contribution in [0.3, 0.4) is 0 Å². The lowest BCUT2D eigenvalue weighted by Crippen LogP contribution is -2.44. The molecule has 4 nitrogen and oxygen atoms in total. The molecule has 2 aromatic rings. The molecular weight excluding hydrogens is 313 g/mol. The number of thiazole rings is 1. The highest BCUT2D eigenvalue weighted by molar-refractivity contribution is 7.09. The van der Waals surface area contributed by atoms with Crippen molar-refractivity contribution in [3.8, 4) is 0 Å². The van der Waals surface area contributed by atoms with Crippen LogP contribution >= 0.6 is 11.3 Å². The smallest absolute Gasteiger partial charge is 0.271 e. The van der Waals surface area contributed by atoms with Crippen LogP contribution in [0, 0.1) is 5.82 Å². The van der Waals surface area contributed by atoms with E-state index in [9.17, 15) is 9.18 Å². The summed E-state index contributed by atoms with van der Waals surface area (Å²) in [5.74, 6) is -0.435. The Labute approximate surface area is 138 Å². The van der Waals surface area contributed by atoms with Gasteiger partial charge in [0, 0.05) is 11.8 Å². The van der Waals surface area contributed by atoms with E-state index in [4.69, 9.17) is 5.73 Å². The zero-order valence-electron chi connectivity index (χ0n) is 12.8. The molecule has 0 bridgehead atoms. The van der Waals surface area contributed by atoms with Gasteiger partial charge in [-0.3, -0.25) is 4.79 Å². The van der Waals surface area contributed by atoms with E-state index in [1.807, 2.05) is 0 Å². The Bertz CT molecular complexity index is 677. The predicted octanol–water partition coefficient (Wildman–Crippen LogP) is 2.98. The number of hydrogen-bond donors (Lipinski definition) is 2. The monoisotopic (exact) mass is 333 g/mol. The van der Waals surface area contributed by atoms with Crippen LogP contribution in [0.5, 0.6) is 0 Å². The molecule has 1 aromatic carbocycles. The fourth-order valence-electron chi connectivity index (χ4n) is 3.17. The van der Waals surface area contributed by atoms with Gasteiger partial charge in [0.1, 0.15) is 11.5 Å². The summed E-state index contributed by atoms with van der Waals surface area (Å²) in [7, 11) is 0. The topological polar surface area (TPSA) is 68.0 Å². The van der Waals surface area contributed by atoms with Crippen molar-refractivity contribution in [2.75, 3.05) is 6.54 Å². The number of halogens is 1. The Hall–Kier alpha value is -1.79. The fraction of sp³-hybridized carbons (Fsp3) is 0.412. The molecule has 1 heterocycles. The lowest BCUT2D eigenvalue weighted by molar-refractivity contribution is 0.0893. The molecule has 0 aliphatic heterocycles. The average Bonchev–Trinajstić information content (AvgIpc) is 3.18. The van der Waals surface area contributed by atoms with Gasteiger partial charge in [-0.2, -0.15) is 0 Å². The third kappa shape index (κ3) is 3.43. The van der Waals surface area contributed by atoms with Crippen molar-refractivity contribution in [3.05, 3.63) is 51.7 Å². The number of amides is 1. The summed E-state index contributed by atoms with van der Waals surface area (Å²) in [5.41, 5.74) is 6.51. The SMILES string of the molecule is NCCc1nc(C(=O)NC2(c3ccc(F)cc3)CCCC2)cs1. The molecule has 122 valence electrons. The molecule has 3 rings (SSSR count). The third-order valence-corrected chi connectivity index (χ3v) is 5.26. The van der Waals surface area contributed by atoms with Gasteiger partial charge in [-0.25, -0.2) is 9.37 Å². The molecule has 3 N–H and O–H groups in total. The number of aromatic nitrogens is 1. The minimum atomic E-state index is -0.414. The highest BCUT2D eigenvalue weighted by Crippen LogP contribution is 2.39. The molecule has 1 amide bonds. The van der Waals surface area contributed by atoms with Crippen LogP contribution in [-0.4, -0.2) is 17.4 Å². The van der Waals surface area contributed by atoms with Crippen LogP contribution in [0.2, 0.25) is 0 Å². The van der Waals surface area contributed by atoms with Crippen molar-refractivity contribution < 1.29 is 9.18 Å². The Morgan fingerprint density at radius 2 is 2.00 bits per heavy atom. The molecule has 1 fully saturated rings. The van der Waals surface area contributed by atoms with Gasteiger partial charge in [-0.1, -0.05) is 25.0 Å². The maximum absolute atomic E-state index is 13.2.